The summed E-state index contributed by atoms with van der Waals surface area (Å²) in [5.74, 6) is -12.2. The highest BCUT2D eigenvalue weighted by Crippen LogP contribution is 2.57. The highest BCUT2D eigenvalue weighted by molar-refractivity contribution is 4.97. The molecule has 3 saturated carbocycles. The van der Waals surface area contributed by atoms with Crippen LogP contribution in [0.25, 0.3) is 0 Å². The molecular formula is C69H126F26. The van der Waals surface area contributed by atoms with Gasteiger partial charge in [-0.3, -0.25) is 4.39 Å². The van der Waals surface area contributed by atoms with Crippen LogP contribution in [0.3, 0.4) is 0 Å². The standard InChI is InChI=1S/C10H14F6.2C8H13F3.C7H16.C6H8F6.C6H11F3.2C6H12F2.C6H13F.C6H14/c1-4-5(2)8(10(14,15)16)6(3)7(4)9(11,12)13;1-5-3-6(2)7(4-5)8(9,10)11;1-5-3-4-7(6(5)2)8(9,10)11;1-5-6-7(2,3)4;1-3-4(2,5(7,8)9)6(10,11)12;1-4-5(2,3)6(7,8)9;1-4-6(7,8)5(2)3;1-3-4-5(2)6(7)8;1-3-4-6(2)5-7;1-5-6(2,3)4/h4-8H,1-3H3;2*5-7H,3-4H2,1-2H3;5-6H2,1-4H3;3H2,1-2H3;4H2,1-3H3;5H,4H2,1-3H3;5-6H,3-4H2,1-2H3;6H,3-5H2,1-2H3;5H2,1-4H3/t4-,5?,6?,7?,8?;5-,6?,7?;5?,6-,7?;;;;;;;/m101......./s1. The fourth-order valence-corrected chi connectivity index (χ4v) is 9.94. The van der Waals surface area contributed by atoms with E-state index in [1.165, 1.54) is 74.7 Å². The van der Waals surface area contributed by atoms with Crippen molar-refractivity contribution in [1.29, 1.82) is 0 Å². The molecular weight excluding hydrogens is 1320 g/mol. The molecule has 0 radical (unpaired) electrons. The van der Waals surface area contributed by atoms with E-state index in [4.69, 9.17) is 0 Å². The smallest absolute Gasteiger partial charge is 0.251 e. The maximum atomic E-state index is 12.6. The molecule has 26 heteroatoms. The highest BCUT2D eigenvalue weighted by Gasteiger charge is 2.66. The topological polar surface area (TPSA) is 0 Å². The van der Waals surface area contributed by atoms with Crippen molar-refractivity contribution < 1.29 is 114 Å². The van der Waals surface area contributed by atoms with Crippen LogP contribution in [0.2, 0.25) is 0 Å². The van der Waals surface area contributed by atoms with E-state index in [0.29, 0.717) is 30.1 Å². The number of alkyl halides is 26. The number of halogens is 26. The number of rotatable bonds is 11. The summed E-state index contributed by atoms with van der Waals surface area (Å²) >= 11 is 0. The van der Waals surface area contributed by atoms with Crippen LogP contribution in [0.5, 0.6) is 0 Å². The Bertz CT molecular complexity index is 1790. The quantitative estimate of drug-likeness (QED) is 0.181. The lowest BCUT2D eigenvalue weighted by molar-refractivity contribution is -0.335. The van der Waals surface area contributed by atoms with E-state index in [1.54, 1.807) is 20.8 Å². The van der Waals surface area contributed by atoms with Crippen molar-refractivity contribution in [2.45, 2.75) is 332 Å². The summed E-state index contributed by atoms with van der Waals surface area (Å²) in [7, 11) is 0. The van der Waals surface area contributed by atoms with Gasteiger partial charge in [0.2, 0.25) is 12.3 Å². The van der Waals surface area contributed by atoms with Gasteiger partial charge in [0.05, 0.1) is 35.8 Å². The first kappa shape index (κ1) is 107. The minimum absolute atomic E-state index is 0.0509. The van der Waals surface area contributed by atoms with Gasteiger partial charge >= 0.3 is 43.2 Å². The summed E-state index contributed by atoms with van der Waals surface area (Å²) in [6, 6.07) is 0. The second-order valence-corrected chi connectivity index (χ2v) is 30.0. The van der Waals surface area contributed by atoms with Gasteiger partial charge in [0.25, 0.3) is 0 Å². The zero-order valence-corrected chi connectivity index (χ0v) is 62.1. The number of hydrogen-bond acceptors (Lipinski definition) is 0. The molecule has 95 heavy (non-hydrogen) atoms. The van der Waals surface area contributed by atoms with Gasteiger partial charge in [-0.1, -0.05) is 206 Å². The molecule has 3 aliphatic carbocycles. The zero-order chi connectivity index (χ0) is 78.3. The summed E-state index contributed by atoms with van der Waals surface area (Å²) in [5, 5.41) is 0. The molecule has 0 nitrogen and oxygen atoms in total. The Morgan fingerprint density at radius 3 is 0.832 bits per heavy atom. The van der Waals surface area contributed by atoms with Crippen LogP contribution >= 0.6 is 0 Å². The molecule has 0 aromatic carbocycles. The molecule has 3 aliphatic rings. The van der Waals surface area contributed by atoms with Crippen molar-refractivity contribution in [1.82, 2.24) is 0 Å². The zero-order valence-electron chi connectivity index (χ0n) is 62.1. The Labute approximate surface area is 556 Å². The van der Waals surface area contributed by atoms with Crippen molar-refractivity contribution in [3.8, 4) is 0 Å². The van der Waals surface area contributed by atoms with Gasteiger partial charge in [0, 0.05) is 18.3 Å². The van der Waals surface area contributed by atoms with Crippen LogP contribution in [0.15, 0.2) is 0 Å². The third kappa shape index (κ3) is 45.6. The maximum absolute atomic E-state index is 12.6. The molecule has 13 atom stereocenters. The van der Waals surface area contributed by atoms with Gasteiger partial charge in [-0.2, -0.15) is 92.2 Å². The third-order valence-electron chi connectivity index (χ3n) is 18.5. The van der Waals surface area contributed by atoms with Gasteiger partial charge in [-0.15, -0.1) is 0 Å². The molecule has 0 N–H and O–H groups in total. The van der Waals surface area contributed by atoms with Crippen molar-refractivity contribution in [2.75, 3.05) is 6.67 Å². The van der Waals surface area contributed by atoms with E-state index in [1.807, 2.05) is 27.7 Å². The van der Waals surface area contributed by atoms with Crippen LogP contribution in [-0.4, -0.2) is 62.3 Å². The molecule has 584 valence electrons. The van der Waals surface area contributed by atoms with E-state index in [-0.39, 0.29) is 56.0 Å². The van der Waals surface area contributed by atoms with Gasteiger partial charge < -0.3 is 0 Å². The maximum Gasteiger partial charge on any atom is 0.402 e. The van der Waals surface area contributed by atoms with Crippen LogP contribution in [0, 0.1) is 105 Å². The van der Waals surface area contributed by atoms with Crippen molar-refractivity contribution >= 4 is 0 Å². The SMILES string of the molecule is CC1C(C(F)(F)F)C(C)[C@@H](C)C1C(F)(F)F.CC1CCC(C(F)(F)F)[C@@H]1C.CC1C[C@H](C)CC1C(F)(F)F.CCC(C)(C(F)(F)F)C(F)(F)F.CCC(C)(C)C.CCC(C)(C)C(F)(F)F.CCC(F)(F)C(C)C.CCCC(C)(C)C.CCCC(C)C(F)F.CCCC(C)CF. The fraction of sp³-hybridized carbons (Fsp3) is 1.00. The van der Waals surface area contributed by atoms with Crippen molar-refractivity contribution in [3.05, 3.63) is 0 Å². The molecule has 0 aromatic rings. The molecule has 0 spiro atoms. The Morgan fingerprint density at radius 2 is 0.747 bits per heavy atom. The molecule has 0 aliphatic heterocycles. The molecule has 3 rings (SSSR count). The van der Waals surface area contributed by atoms with E-state index in [9.17, 15) is 114 Å². The van der Waals surface area contributed by atoms with Crippen LogP contribution in [-0.2, 0) is 0 Å². The lowest BCUT2D eigenvalue weighted by Gasteiger charge is -2.32. The lowest BCUT2D eigenvalue weighted by Crippen LogP contribution is -2.47. The van der Waals surface area contributed by atoms with E-state index in [2.05, 4.69) is 62.3 Å². The van der Waals surface area contributed by atoms with E-state index in [0.717, 1.165) is 46.0 Å². The molecule has 3 fully saturated rings. The minimum Gasteiger partial charge on any atom is -0.251 e. The molecule has 10 unspecified atom stereocenters. The molecule has 0 saturated heterocycles. The second-order valence-electron chi connectivity index (χ2n) is 30.0. The first-order valence-corrected chi connectivity index (χ1v) is 33.5. The van der Waals surface area contributed by atoms with Crippen molar-refractivity contribution in [2.24, 2.45) is 105 Å². The Morgan fingerprint density at radius 1 is 0.379 bits per heavy atom. The van der Waals surface area contributed by atoms with Crippen molar-refractivity contribution in [3.63, 3.8) is 0 Å². The Balaban J connectivity index is -0.000000184. The largest absolute Gasteiger partial charge is 0.402 e. The molecule has 0 amide bonds. The lowest BCUT2D eigenvalue weighted by atomic mass is 9.86. The van der Waals surface area contributed by atoms with Crippen LogP contribution in [0.1, 0.15) is 277 Å². The predicted octanol–water partition coefficient (Wildman–Crippen LogP) is 30.3. The van der Waals surface area contributed by atoms with E-state index < -0.39 is 126 Å². The normalized spacial score (nSPS) is 24.3. The Kier molecular flexibility index (Phi) is 50.7. The second kappa shape index (κ2) is 45.2. The predicted molar refractivity (Wildman–Crippen MR) is 336 cm³/mol. The van der Waals surface area contributed by atoms with Gasteiger partial charge in [-0.05, 0) is 123 Å². The first-order valence-electron chi connectivity index (χ1n) is 33.5. The molecule has 0 aromatic heterocycles. The van der Waals surface area contributed by atoms with Crippen LogP contribution in [0.4, 0.5) is 114 Å². The summed E-state index contributed by atoms with van der Waals surface area (Å²) in [6.45, 7) is 45.6. The summed E-state index contributed by atoms with van der Waals surface area (Å²) in [6.07, 6.45) is -25.0. The first-order chi connectivity index (χ1) is 41.8. The van der Waals surface area contributed by atoms with Gasteiger partial charge in [-0.25, -0.2) is 17.6 Å². The summed E-state index contributed by atoms with van der Waals surface area (Å²) in [4.78, 5) is 0. The van der Waals surface area contributed by atoms with Gasteiger partial charge in [0.15, 0.2) is 5.41 Å². The highest BCUT2D eigenvalue weighted by atomic mass is 19.4. The average molecular weight is 1450 g/mol. The van der Waals surface area contributed by atoms with Crippen LogP contribution < -0.4 is 0 Å². The Hall–Kier alpha value is -1.82. The fourth-order valence-electron chi connectivity index (χ4n) is 9.94. The molecule has 0 bridgehead atoms. The van der Waals surface area contributed by atoms with E-state index >= 15 is 0 Å². The van der Waals surface area contributed by atoms with Gasteiger partial charge in [0.1, 0.15) is 0 Å². The third-order valence-corrected chi connectivity index (χ3v) is 18.5. The summed E-state index contributed by atoms with van der Waals surface area (Å²) in [5.41, 5.74) is -4.01. The number of hydrogen-bond donors (Lipinski definition) is 0. The minimum atomic E-state index is -5.24. The summed E-state index contributed by atoms with van der Waals surface area (Å²) < 4.78 is 315. The molecule has 0 heterocycles. The monoisotopic (exact) mass is 1450 g/mol. The average Bonchev–Trinajstić information content (AvgIpc) is 1.72.